The molecule has 0 aliphatic carbocycles. The van der Waals surface area contributed by atoms with Gasteiger partial charge in [-0.05, 0) is 48.8 Å². The van der Waals surface area contributed by atoms with Gasteiger partial charge in [0.05, 0.1) is 0 Å². The van der Waals surface area contributed by atoms with Gasteiger partial charge in [0.2, 0.25) is 0 Å². The summed E-state index contributed by atoms with van der Waals surface area (Å²) in [6.07, 6.45) is 4.93. The highest BCUT2D eigenvalue weighted by molar-refractivity contribution is 5.46. The molecule has 1 aromatic rings. The fourth-order valence-corrected chi connectivity index (χ4v) is 2.36. The van der Waals surface area contributed by atoms with Crippen molar-refractivity contribution in [2.24, 2.45) is 5.92 Å². The van der Waals surface area contributed by atoms with Gasteiger partial charge >= 0.3 is 0 Å². The third-order valence-electron chi connectivity index (χ3n) is 4.34. The number of hydrogen-bond acceptors (Lipinski definition) is 1. The summed E-state index contributed by atoms with van der Waals surface area (Å²) in [5.41, 5.74) is 2.71. The van der Waals surface area contributed by atoms with Crippen LogP contribution in [0, 0.1) is 5.92 Å². The molecule has 0 aliphatic heterocycles. The molecule has 3 unspecified atom stereocenters. The maximum absolute atomic E-state index is 3.68. The molecule has 108 valence electrons. The molecular formula is C18H31N. The molecule has 0 saturated heterocycles. The SMILES string of the molecule is CCC(C)CC(CC)Nc1ccc(C(C)CC)cc1. The van der Waals surface area contributed by atoms with E-state index in [-0.39, 0.29) is 0 Å². The van der Waals surface area contributed by atoms with Crippen LogP contribution >= 0.6 is 0 Å². The van der Waals surface area contributed by atoms with E-state index in [1.807, 2.05) is 0 Å². The first-order valence-corrected chi connectivity index (χ1v) is 7.97. The minimum absolute atomic E-state index is 0.601. The number of benzene rings is 1. The van der Waals surface area contributed by atoms with Crippen LogP contribution in [0.1, 0.15) is 71.8 Å². The van der Waals surface area contributed by atoms with Crippen molar-refractivity contribution in [3.8, 4) is 0 Å². The topological polar surface area (TPSA) is 12.0 Å². The van der Waals surface area contributed by atoms with E-state index < -0.39 is 0 Å². The van der Waals surface area contributed by atoms with Gasteiger partial charge in [0.15, 0.2) is 0 Å². The van der Waals surface area contributed by atoms with Crippen LogP contribution in [0.2, 0.25) is 0 Å². The Morgan fingerprint density at radius 1 is 0.895 bits per heavy atom. The second kappa shape index (κ2) is 8.24. The van der Waals surface area contributed by atoms with Crippen LogP contribution in [0.3, 0.4) is 0 Å². The van der Waals surface area contributed by atoms with E-state index in [9.17, 15) is 0 Å². The Morgan fingerprint density at radius 2 is 1.53 bits per heavy atom. The maximum Gasteiger partial charge on any atom is 0.0342 e. The zero-order chi connectivity index (χ0) is 14.3. The van der Waals surface area contributed by atoms with Crippen molar-refractivity contribution in [2.75, 3.05) is 5.32 Å². The highest BCUT2D eigenvalue weighted by Crippen LogP contribution is 2.22. The number of anilines is 1. The molecule has 19 heavy (non-hydrogen) atoms. The third kappa shape index (κ3) is 5.26. The smallest absolute Gasteiger partial charge is 0.0342 e. The fraction of sp³-hybridized carbons (Fsp3) is 0.667. The minimum atomic E-state index is 0.601. The van der Waals surface area contributed by atoms with Crippen molar-refractivity contribution in [3.63, 3.8) is 0 Å². The Kier molecular flexibility index (Phi) is 6.97. The van der Waals surface area contributed by atoms with Crippen molar-refractivity contribution in [1.82, 2.24) is 0 Å². The van der Waals surface area contributed by atoms with Crippen LogP contribution in [0.4, 0.5) is 5.69 Å². The molecule has 3 atom stereocenters. The highest BCUT2D eigenvalue weighted by Gasteiger charge is 2.10. The van der Waals surface area contributed by atoms with Gasteiger partial charge < -0.3 is 5.32 Å². The van der Waals surface area contributed by atoms with Crippen molar-refractivity contribution in [1.29, 1.82) is 0 Å². The predicted octanol–water partition coefficient (Wildman–Crippen LogP) is 5.83. The van der Waals surface area contributed by atoms with Crippen LogP contribution in [0.15, 0.2) is 24.3 Å². The third-order valence-corrected chi connectivity index (χ3v) is 4.34. The monoisotopic (exact) mass is 261 g/mol. The Hall–Kier alpha value is -0.980. The van der Waals surface area contributed by atoms with Gasteiger partial charge in [-0.1, -0.05) is 53.2 Å². The lowest BCUT2D eigenvalue weighted by atomic mass is 9.96. The van der Waals surface area contributed by atoms with E-state index in [4.69, 9.17) is 0 Å². The summed E-state index contributed by atoms with van der Waals surface area (Å²) < 4.78 is 0. The summed E-state index contributed by atoms with van der Waals surface area (Å²) in [6.45, 7) is 11.4. The molecule has 0 bridgehead atoms. The van der Waals surface area contributed by atoms with E-state index in [1.165, 1.54) is 36.9 Å². The molecular weight excluding hydrogens is 230 g/mol. The molecule has 0 aliphatic rings. The van der Waals surface area contributed by atoms with Gasteiger partial charge in [-0.3, -0.25) is 0 Å². The summed E-state index contributed by atoms with van der Waals surface area (Å²) in [6, 6.07) is 9.62. The van der Waals surface area contributed by atoms with Crippen molar-refractivity contribution in [2.45, 2.75) is 72.3 Å². The predicted molar refractivity (Wildman–Crippen MR) is 86.9 cm³/mol. The molecule has 0 radical (unpaired) electrons. The summed E-state index contributed by atoms with van der Waals surface area (Å²) in [4.78, 5) is 0. The average Bonchev–Trinajstić information content (AvgIpc) is 2.46. The number of hydrogen-bond donors (Lipinski definition) is 1. The zero-order valence-corrected chi connectivity index (χ0v) is 13.4. The molecule has 1 N–H and O–H groups in total. The van der Waals surface area contributed by atoms with Gasteiger partial charge in [0.1, 0.15) is 0 Å². The highest BCUT2D eigenvalue weighted by atomic mass is 14.9. The van der Waals surface area contributed by atoms with Crippen LogP contribution in [0.5, 0.6) is 0 Å². The lowest BCUT2D eigenvalue weighted by Gasteiger charge is -2.22. The number of rotatable bonds is 8. The molecule has 1 nitrogen and oxygen atoms in total. The lowest BCUT2D eigenvalue weighted by Crippen LogP contribution is -2.21. The van der Waals surface area contributed by atoms with Gasteiger partial charge in [0, 0.05) is 11.7 Å². The lowest BCUT2D eigenvalue weighted by molar-refractivity contribution is 0.462. The van der Waals surface area contributed by atoms with E-state index in [1.54, 1.807) is 0 Å². The number of nitrogens with one attached hydrogen (secondary N) is 1. The molecule has 0 aromatic heterocycles. The summed E-state index contributed by atoms with van der Waals surface area (Å²) in [5, 5.41) is 3.68. The van der Waals surface area contributed by atoms with Crippen LogP contribution < -0.4 is 5.32 Å². The largest absolute Gasteiger partial charge is 0.382 e. The van der Waals surface area contributed by atoms with Crippen LogP contribution in [-0.2, 0) is 0 Å². The Balaban J connectivity index is 2.60. The molecule has 0 fully saturated rings. The van der Waals surface area contributed by atoms with Gasteiger partial charge in [-0.15, -0.1) is 0 Å². The Labute approximate surface area is 119 Å². The standard InChI is InChI=1S/C18H31N/c1-6-14(4)13-17(8-3)19-18-11-9-16(10-12-18)15(5)7-2/h9-12,14-15,17,19H,6-8,13H2,1-5H3. The molecule has 1 rings (SSSR count). The van der Waals surface area contributed by atoms with Crippen molar-refractivity contribution < 1.29 is 0 Å². The van der Waals surface area contributed by atoms with Crippen LogP contribution in [-0.4, -0.2) is 6.04 Å². The molecule has 1 heteroatoms. The Morgan fingerprint density at radius 3 is 2.00 bits per heavy atom. The van der Waals surface area contributed by atoms with Gasteiger partial charge in [0.25, 0.3) is 0 Å². The quantitative estimate of drug-likeness (QED) is 0.621. The summed E-state index contributed by atoms with van der Waals surface area (Å²) in [7, 11) is 0. The van der Waals surface area contributed by atoms with Gasteiger partial charge in [-0.25, -0.2) is 0 Å². The Bertz CT molecular complexity index is 341. The first-order valence-electron chi connectivity index (χ1n) is 7.97. The van der Waals surface area contributed by atoms with Crippen molar-refractivity contribution >= 4 is 5.69 Å². The molecule has 1 aromatic carbocycles. The van der Waals surface area contributed by atoms with E-state index in [2.05, 4.69) is 64.2 Å². The summed E-state index contributed by atoms with van der Waals surface area (Å²) >= 11 is 0. The summed E-state index contributed by atoms with van der Waals surface area (Å²) in [5.74, 6) is 1.47. The minimum Gasteiger partial charge on any atom is -0.382 e. The van der Waals surface area contributed by atoms with E-state index in [0.717, 1.165) is 5.92 Å². The first-order chi connectivity index (χ1) is 9.10. The normalized spacial score (nSPS) is 15.8. The first kappa shape index (κ1) is 16.1. The second-order valence-electron chi connectivity index (χ2n) is 5.93. The molecule has 0 spiro atoms. The fourth-order valence-electron chi connectivity index (χ4n) is 2.36. The molecule has 0 amide bonds. The second-order valence-corrected chi connectivity index (χ2v) is 5.93. The van der Waals surface area contributed by atoms with Crippen LogP contribution in [0.25, 0.3) is 0 Å². The van der Waals surface area contributed by atoms with Crippen molar-refractivity contribution in [3.05, 3.63) is 29.8 Å². The zero-order valence-electron chi connectivity index (χ0n) is 13.4. The molecule has 0 heterocycles. The van der Waals surface area contributed by atoms with E-state index >= 15 is 0 Å². The molecule has 0 saturated carbocycles. The maximum atomic E-state index is 3.68. The van der Waals surface area contributed by atoms with Gasteiger partial charge in [-0.2, -0.15) is 0 Å². The average molecular weight is 261 g/mol. The van der Waals surface area contributed by atoms with E-state index in [0.29, 0.717) is 12.0 Å².